The number of piperidine rings is 3. The van der Waals surface area contributed by atoms with Gasteiger partial charge in [-0.1, -0.05) is 23.7 Å². The molecule has 2 aromatic carbocycles. The smallest absolute Gasteiger partial charge is 0.241 e. The van der Waals surface area contributed by atoms with E-state index in [9.17, 15) is 4.79 Å². The molecule has 3 saturated heterocycles. The number of amides is 1. The summed E-state index contributed by atoms with van der Waals surface area (Å²) in [4.78, 5) is 29.0. The highest BCUT2D eigenvalue weighted by Gasteiger charge is 2.39. The number of hydrogen-bond acceptors (Lipinski definition) is 4. The van der Waals surface area contributed by atoms with E-state index >= 15 is 0 Å². The maximum absolute atomic E-state index is 13.2. The van der Waals surface area contributed by atoms with Gasteiger partial charge in [0.25, 0.3) is 0 Å². The number of para-hydroxylation sites is 2. The fourth-order valence-electron chi connectivity index (χ4n) is 5.09. The molecule has 3 aromatic rings. The second-order valence-corrected chi connectivity index (χ2v) is 8.91. The molecule has 30 heavy (non-hydrogen) atoms. The van der Waals surface area contributed by atoms with Crippen molar-refractivity contribution < 1.29 is 4.79 Å². The van der Waals surface area contributed by atoms with Crippen LogP contribution in [0.3, 0.4) is 0 Å². The molecule has 0 radical (unpaired) electrons. The molecule has 5 heterocycles. The van der Waals surface area contributed by atoms with E-state index in [1.807, 2.05) is 36.4 Å². The molecule has 0 aliphatic carbocycles. The minimum absolute atomic E-state index is 0.107. The molecule has 1 unspecified atom stereocenters. The lowest BCUT2D eigenvalue weighted by molar-refractivity contribution is -0.116. The number of aliphatic imine (C=N–C) groups is 1. The van der Waals surface area contributed by atoms with Crippen LogP contribution in [0.5, 0.6) is 0 Å². The van der Waals surface area contributed by atoms with Crippen molar-refractivity contribution in [1.29, 1.82) is 0 Å². The molecule has 2 bridgehead atoms. The van der Waals surface area contributed by atoms with Crippen molar-refractivity contribution in [1.82, 2.24) is 14.9 Å². The van der Waals surface area contributed by atoms with E-state index in [0.717, 1.165) is 47.6 Å². The van der Waals surface area contributed by atoms with Gasteiger partial charge >= 0.3 is 0 Å². The first kappa shape index (κ1) is 18.1. The summed E-state index contributed by atoms with van der Waals surface area (Å²) < 4.78 is 0. The Morgan fingerprint density at radius 2 is 1.97 bits per heavy atom. The highest BCUT2D eigenvalue weighted by molar-refractivity contribution is 6.32. The van der Waals surface area contributed by atoms with Crippen molar-refractivity contribution in [2.24, 2.45) is 10.9 Å². The molecule has 152 valence electrons. The van der Waals surface area contributed by atoms with Crippen molar-refractivity contribution in [3.63, 3.8) is 0 Å². The zero-order valence-electron chi connectivity index (χ0n) is 16.4. The summed E-state index contributed by atoms with van der Waals surface area (Å²) in [7, 11) is 0. The van der Waals surface area contributed by atoms with Crippen molar-refractivity contribution in [2.45, 2.75) is 24.8 Å². The van der Waals surface area contributed by atoms with Crippen molar-refractivity contribution in [3.8, 4) is 0 Å². The second kappa shape index (κ2) is 6.93. The van der Waals surface area contributed by atoms with Crippen LogP contribution in [0.25, 0.3) is 11.0 Å². The quantitative estimate of drug-likeness (QED) is 0.662. The Hall–Kier alpha value is -2.70. The number of carbonyl (C=O) groups is 1. The maximum Gasteiger partial charge on any atom is 0.241 e. The zero-order valence-corrected chi connectivity index (χ0v) is 17.2. The second-order valence-electron chi connectivity index (χ2n) is 8.47. The van der Waals surface area contributed by atoms with E-state index in [1.54, 1.807) is 6.07 Å². The number of fused-ring (bicyclic) bond motifs is 5. The minimum Gasteiger partial charge on any atom is -0.341 e. The molecule has 3 fully saturated rings. The molecule has 1 aromatic heterocycles. The van der Waals surface area contributed by atoms with Crippen LogP contribution in [0.15, 0.2) is 47.5 Å². The molecule has 6 nitrogen and oxygen atoms in total. The van der Waals surface area contributed by atoms with Gasteiger partial charge in [0.1, 0.15) is 11.7 Å². The van der Waals surface area contributed by atoms with E-state index in [4.69, 9.17) is 21.6 Å². The Morgan fingerprint density at radius 3 is 2.73 bits per heavy atom. The van der Waals surface area contributed by atoms with E-state index < -0.39 is 5.92 Å². The van der Waals surface area contributed by atoms with Gasteiger partial charge in [-0.3, -0.25) is 9.79 Å². The third kappa shape index (κ3) is 2.94. The SMILES string of the molecule is O=C1Nc2ccc(Cl)cc2C(=N[C@@H]2CN3CCC2CC3)C1c1nc2ccccc2[nH]1. The Bertz CT molecular complexity index is 1140. The van der Waals surface area contributed by atoms with Crippen LogP contribution in [-0.2, 0) is 4.79 Å². The van der Waals surface area contributed by atoms with Gasteiger partial charge in [-0.15, -0.1) is 0 Å². The maximum atomic E-state index is 13.2. The monoisotopic (exact) mass is 419 g/mol. The lowest BCUT2D eigenvalue weighted by Gasteiger charge is -2.43. The summed E-state index contributed by atoms with van der Waals surface area (Å²) in [6.07, 6.45) is 2.34. The molecule has 7 rings (SSSR count). The molecule has 0 saturated carbocycles. The van der Waals surface area contributed by atoms with E-state index in [1.165, 1.54) is 12.8 Å². The Labute approximate surface area is 179 Å². The van der Waals surface area contributed by atoms with Crippen LogP contribution in [0.4, 0.5) is 5.69 Å². The molecular formula is C23H22ClN5O. The first-order valence-corrected chi connectivity index (χ1v) is 10.9. The number of imidazole rings is 1. The summed E-state index contributed by atoms with van der Waals surface area (Å²) in [6.45, 7) is 3.27. The summed E-state index contributed by atoms with van der Waals surface area (Å²) in [5.74, 6) is 0.508. The van der Waals surface area contributed by atoms with Gasteiger partial charge in [-0.2, -0.15) is 0 Å². The summed E-state index contributed by atoms with van der Waals surface area (Å²) in [6, 6.07) is 13.6. The Morgan fingerprint density at radius 1 is 1.13 bits per heavy atom. The highest BCUT2D eigenvalue weighted by Crippen LogP contribution is 2.36. The number of carbonyl (C=O) groups excluding carboxylic acids is 1. The number of nitrogens with one attached hydrogen (secondary N) is 2. The topological polar surface area (TPSA) is 73.4 Å². The lowest BCUT2D eigenvalue weighted by Crippen LogP contribution is -2.50. The van der Waals surface area contributed by atoms with Crippen molar-refractivity contribution in [3.05, 3.63) is 58.9 Å². The van der Waals surface area contributed by atoms with Gasteiger partial charge < -0.3 is 15.2 Å². The number of aromatic nitrogens is 2. The lowest BCUT2D eigenvalue weighted by atomic mass is 9.83. The normalized spacial score (nSPS) is 29.2. The van der Waals surface area contributed by atoms with Crippen LogP contribution in [0.2, 0.25) is 5.02 Å². The average molecular weight is 420 g/mol. The third-order valence-corrected chi connectivity index (χ3v) is 6.89. The largest absolute Gasteiger partial charge is 0.341 e. The van der Waals surface area contributed by atoms with Crippen molar-refractivity contribution >= 4 is 39.9 Å². The summed E-state index contributed by atoms with van der Waals surface area (Å²) >= 11 is 6.34. The summed E-state index contributed by atoms with van der Waals surface area (Å²) in [5, 5.41) is 3.67. The van der Waals surface area contributed by atoms with Gasteiger partial charge in [0.15, 0.2) is 0 Å². The molecule has 4 aliphatic rings. The fraction of sp³-hybridized carbons (Fsp3) is 0.348. The first-order chi connectivity index (χ1) is 14.7. The minimum atomic E-state index is -0.584. The molecular weight excluding hydrogens is 398 g/mol. The number of H-pyrrole nitrogens is 1. The van der Waals surface area contributed by atoms with Gasteiger partial charge in [0.05, 0.1) is 22.8 Å². The van der Waals surface area contributed by atoms with Gasteiger partial charge in [0.2, 0.25) is 5.91 Å². The molecule has 0 spiro atoms. The Balaban J connectivity index is 1.51. The van der Waals surface area contributed by atoms with E-state index in [0.29, 0.717) is 16.8 Å². The van der Waals surface area contributed by atoms with Crippen LogP contribution in [-0.4, -0.2) is 52.2 Å². The third-order valence-electron chi connectivity index (χ3n) is 6.66. The number of benzene rings is 2. The number of rotatable bonds is 2. The molecule has 1 amide bonds. The molecule has 7 heteroatoms. The van der Waals surface area contributed by atoms with Crippen LogP contribution >= 0.6 is 11.6 Å². The van der Waals surface area contributed by atoms with Crippen LogP contribution in [0, 0.1) is 5.92 Å². The average Bonchev–Trinajstić information content (AvgIpc) is 3.19. The molecule has 2 N–H and O–H groups in total. The number of halogens is 1. The summed E-state index contributed by atoms with van der Waals surface area (Å²) in [5.41, 5.74) is 4.19. The number of nitrogens with zero attached hydrogens (tertiary/aromatic N) is 3. The van der Waals surface area contributed by atoms with E-state index in [2.05, 4.69) is 15.2 Å². The highest BCUT2D eigenvalue weighted by atomic mass is 35.5. The predicted octanol–water partition coefficient (Wildman–Crippen LogP) is 3.84. The fourth-order valence-corrected chi connectivity index (χ4v) is 5.26. The standard InChI is InChI=1S/C23H22ClN5O/c24-14-5-6-16-15(11-14)21(25-19-12-29-9-7-13(19)8-10-29)20(23(30)28-16)22-26-17-3-1-2-4-18(17)27-22/h1-6,11,13,19-20H,7-10,12H2,(H,26,27)(H,28,30)/t19-,20?/m1/s1. The molecule has 4 aliphatic heterocycles. The predicted molar refractivity (Wildman–Crippen MR) is 118 cm³/mol. The zero-order chi connectivity index (χ0) is 20.2. The van der Waals surface area contributed by atoms with Crippen LogP contribution < -0.4 is 5.32 Å². The van der Waals surface area contributed by atoms with Gasteiger partial charge in [0, 0.05) is 22.8 Å². The molecule has 2 atom stereocenters. The number of aromatic amines is 1. The van der Waals surface area contributed by atoms with Gasteiger partial charge in [-0.05, 0) is 62.2 Å². The van der Waals surface area contributed by atoms with Crippen LogP contribution in [0.1, 0.15) is 30.1 Å². The number of hydrogen-bond donors (Lipinski definition) is 2. The van der Waals surface area contributed by atoms with E-state index in [-0.39, 0.29) is 11.9 Å². The Kier molecular flexibility index (Phi) is 4.18. The number of anilines is 1. The first-order valence-electron chi connectivity index (χ1n) is 10.5. The van der Waals surface area contributed by atoms with Crippen molar-refractivity contribution in [2.75, 3.05) is 25.0 Å². The van der Waals surface area contributed by atoms with Gasteiger partial charge in [-0.25, -0.2) is 4.98 Å².